The van der Waals surface area contributed by atoms with Crippen molar-refractivity contribution in [2.24, 2.45) is 5.73 Å². The Morgan fingerprint density at radius 1 is 1.42 bits per heavy atom. The third-order valence-electron chi connectivity index (χ3n) is 2.50. The molecule has 3 nitrogen and oxygen atoms in total. The number of ether oxygens (including phenoxy) is 1. The maximum absolute atomic E-state index is 13.1. The second kappa shape index (κ2) is 5.99. The first-order chi connectivity index (χ1) is 9.06. The lowest BCUT2D eigenvalue weighted by Gasteiger charge is -2.11. The van der Waals surface area contributed by atoms with Crippen molar-refractivity contribution in [2.75, 3.05) is 0 Å². The van der Waals surface area contributed by atoms with E-state index in [1.807, 2.05) is 19.1 Å². The molecule has 2 rings (SSSR count). The lowest BCUT2D eigenvalue weighted by molar-refractivity contribution is 0.452. The Hall–Kier alpha value is -1.65. The van der Waals surface area contributed by atoms with E-state index in [4.69, 9.17) is 22.1 Å². The molecule has 1 unspecified atom stereocenters. The summed E-state index contributed by atoms with van der Waals surface area (Å²) in [5.41, 5.74) is 6.68. The number of hydrogen-bond acceptors (Lipinski definition) is 3. The van der Waals surface area contributed by atoms with Crippen LogP contribution in [0.5, 0.6) is 11.6 Å². The second-order valence-corrected chi connectivity index (χ2v) is 4.73. The number of hydrogen-bond donors (Lipinski definition) is 1. The molecule has 1 heterocycles. The molecule has 1 aromatic heterocycles. The molecule has 0 aliphatic heterocycles. The normalized spacial score (nSPS) is 12.2. The van der Waals surface area contributed by atoms with Gasteiger partial charge in [-0.3, -0.25) is 0 Å². The Morgan fingerprint density at radius 3 is 2.89 bits per heavy atom. The van der Waals surface area contributed by atoms with Gasteiger partial charge in [-0.2, -0.15) is 0 Å². The highest BCUT2D eigenvalue weighted by Crippen LogP contribution is 2.27. The molecule has 1 atom stereocenters. The fourth-order valence-corrected chi connectivity index (χ4v) is 1.84. The van der Waals surface area contributed by atoms with Gasteiger partial charge < -0.3 is 10.5 Å². The SMILES string of the molecule is CC(N)Cc1cccnc1Oc1ccc(F)c(Cl)c1. The van der Waals surface area contributed by atoms with Crippen LogP contribution < -0.4 is 10.5 Å². The quantitative estimate of drug-likeness (QED) is 0.931. The molecule has 100 valence electrons. The van der Waals surface area contributed by atoms with Crippen molar-refractivity contribution >= 4 is 11.6 Å². The number of aromatic nitrogens is 1. The summed E-state index contributed by atoms with van der Waals surface area (Å²) < 4.78 is 18.7. The van der Waals surface area contributed by atoms with E-state index in [1.165, 1.54) is 18.2 Å². The van der Waals surface area contributed by atoms with Crippen LogP contribution in [-0.4, -0.2) is 11.0 Å². The molecule has 0 radical (unpaired) electrons. The van der Waals surface area contributed by atoms with Gasteiger partial charge in [-0.15, -0.1) is 0 Å². The van der Waals surface area contributed by atoms with Gasteiger partial charge >= 0.3 is 0 Å². The predicted molar refractivity (Wildman–Crippen MR) is 73.1 cm³/mol. The van der Waals surface area contributed by atoms with E-state index >= 15 is 0 Å². The zero-order valence-corrected chi connectivity index (χ0v) is 11.2. The maximum Gasteiger partial charge on any atom is 0.222 e. The molecule has 0 aliphatic rings. The molecule has 2 N–H and O–H groups in total. The molecule has 0 amide bonds. The van der Waals surface area contributed by atoms with E-state index in [9.17, 15) is 4.39 Å². The zero-order valence-electron chi connectivity index (χ0n) is 10.4. The molecule has 0 saturated heterocycles. The molecule has 0 fully saturated rings. The van der Waals surface area contributed by atoms with Gasteiger partial charge in [0.05, 0.1) is 5.02 Å². The van der Waals surface area contributed by atoms with Gasteiger partial charge in [0.25, 0.3) is 0 Å². The molecule has 0 saturated carbocycles. The Kier molecular flexibility index (Phi) is 4.35. The molecule has 1 aromatic carbocycles. The number of pyridine rings is 1. The van der Waals surface area contributed by atoms with Gasteiger partial charge in [0.15, 0.2) is 0 Å². The molecule has 0 bridgehead atoms. The lowest BCUT2D eigenvalue weighted by atomic mass is 10.1. The van der Waals surface area contributed by atoms with E-state index in [1.54, 1.807) is 6.20 Å². The third kappa shape index (κ3) is 3.66. The Labute approximate surface area is 116 Å². The Bertz CT molecular complexity index is 575. The fourth-order valence-electron chi connectivity index (χ4n) is 1.67. The van der Waals surface area contributed by atoms with Crippen molar-refractivity contribution in [3.63, 3.8) is 0 Å². The molecule has 0 aliphatic carbocycles. The fraction of sp³-hybridized carbons (Fsp3) is 0.214. The van der Waals surface area contributed by atoms with Crippen LogP contribution >= 0.6 is 11.6 Å². The van der Waals surface area contributed by atoms with Crippen LogP contribution in [0.1, 0.15) is 12.5 Å². The van der Waals surface area contributed by atoms with Gasteiger partial charge in [0, 0.05) is 23.9 Å². The average Bonchev–Trinajstić information content (AvgIpc) is 2.36. The van der Waals surface area contributed by atoms with E-state index in [-0.39, 0.29) is 11.1 Å². The van der Waals surface area contributed by atoms with Gasteiger partial charge in [-0.05, 0) is 31.5 Å². The third-order valence-corrected chi connectivity index (χ3v) is 2.79. The highest BCUT2D eigenvalue weighted by Gasteiger charge is 2.09. The van der Waals surface area contributed by atoms with Crippen molar-refractivity contribution in [1.29, 1.82) is 0 Å². The minimum atomic E-state index is -0.481. The van der Waals surface area contributed by atoms with Crippen LogP contribution in [0.4, 0.5) is 4.39 Å². The van der Waals surface area contributed by atoms with Crippen LogP contribution in [0.25, 0.3) is 0 Å². The van der Waals surface area contributed by atoms with Crippen molar-refractivity contribution in [1.82, 2.24) is 4.98 Å². The summed E-state index contributed by atoms with van der Waals surface area (Å²) in [6.07, 6.45) is 2.28. The van der Waals surface area contributed by atoms with Crippen LogP contribution in [0.2, 0.25) is 5.02 Å². The smallest absolute Gasteiger partial charge is 0.222 e. The summed E-state index contributed by atoms with van der Waals surface area (Å²) in [5, 5.41) is 0.0159. The van der Waals surface area contributed by atoms with Crippen LogP contribution in [0.3, 0.4) is 0 Å². The van der Waals surface area contributed by atoms with E-state index in [0.29, 0.717) is 18.1 Å². The molecular formula is C14H14ClFN2O. The van der Waals surface area contributed by atoms with E-state index in [0.717, 1.165) is 5.56 Å². The molecule has 0 spiro atoms. The number of nitrogens with zero attached hydrogens (tertiary/aromatic N) is 1. The number of rotatable bonds is 4. The summed E-state index contributed by atoms with van der Waals surface area (Å²) in [6, 6.07) is 7.90. The summed E-state index contributed by atoms with van der Waals surface area (Å²) in [6.45, 7) is 1.91. The number of nitrogens with two attached hydrogens (primary N) is 1. The highest BCUT2D eigenvalue weighted by atomic mass is 35.5. The van der Waals surface area contributed by atoms with Gasteiger partial charge in [-0.25, -0.2) is 9.37 Å². The number of benzene rings is 1. The van der Waals surface area contributed by atoms with Crippen molar-refractivity contribution < 1.29 is 9.13 Å². The van der Waals surface area contributed by atoms with E-state index < -0.39 is 5.82 Å². The standard InChI is InChI=1S/C14H14ClFN2O/c1-9(17)7-10-3-2-6-18-14(10)19-11-4-5-13(16)12(15)8-11/h2-6,8-9H,7,17H2,1H3. The minimum absolute atomic E-state index is 0.00311. The van der Waals surface area contributed by atoms with E-state index in [2.05, 4.69) is 4.98 Å². The summed E-state index contributed by atoms with van der Waals surface area (Å²) >= 11 is 5.71. The maximum atomic E-state index is 13.1. The highest BCUT2D eigenvalue weighted by molar-refractivity contribution is 6.30. The summed E-state index contributed by atoms with van der Waals surface area (Å²) in [5.74, 6) is 0.421. The second-order valence-electron chi connectivity index (χ2n) is 4.33. The average molecular weight is 281 g/mol. The zero-order chi connectivity index (χ0) is 13.8. The topological polar surface area (TPSA) is 48.1 Å². The van der Waals surface area contributed by atoms with Crippen molar-refractivity contribution in [3.05, 3.63) is 52.9 Å². The monoisotopic (exact) mass is 280 g/mol. The van der Waals surface area contributed by atoms with Gasteiger partial charge in [0.2, 0.25) is 5.88 Å². The largest absolute Gasteiger partial charge is 0.439 e. The van der Waals surface area contributed by atoms with Gasteiger partial charge in [0.1, 0.15) is 11.6 Å². The predicted octanol–water partition coefficient (Wildman–Crippen LogP) is 3.56. The molecule has 19 heavy (non-hydrogen) atoms. The van der Waals surface area contributed by atoms with Crippen molar-refractivity contribution in [2.45, 2.75) is 19.4 Å². The summed E-state index contributed by atoms with van der Waals surface area (Å²) in [4.78, 5) is 4.16. The Balaban J connectivity index is 2.25. The van der Waals surface area contributed by atoms with Crippen LogP contribution in [0, 0.1) is 5.82 Å². The molecular weight excluding hydrogens is 267 g/mol. The molecule has 5 heteroatoms. The van der Waals surface area contributed by atoms with Crippen molar-refractivity contribution in [3.8, 4) is 11.6 Å². The first-order valence-corrected chi connectivity index (χ1v) is 6.26. The first kappa shape index (κ1) is 13.8. The summed E-state index contributed by atoms with van der Waals surface area (Å²) in [7, 11) is 0. The minimum Gasteiger partial charge on any atom is -0.439 e. The lowest BCUT2D eigenvalue weighted by Crippen LogP contribution is -2.18. The molecule has 2 aromatic rings. The Morgan fingerprint density at radius 2 is 2.21 bits per heavy atom. The number of halogens is 2. The van der Waals surface area contributed by atoms with Gasteiger partial charge in [-0.1, -0.05) is 17.7 Å². The first-order valence-electron chi connectivity index (χ1n) is 5.88. The van der Waals surface area contributed by atoms with Crippen LogP contribution in [0.15, 0.2) is 36.5 Å². The van der Waals surface area contributed by atoms with Crippen LogP contribution in [-0.2, 0) is 6.42 Å².